The van der Waals surface area contributed by atoms with E-state index in [2.05, 4.69) is 10.3 Å². The molecule has 17 heavy (non-hydrogen) atoms. The van der Waals surface area contributed by atoms with E-state index < -0.39 is 16.4 Å². The normalized spacial score (nSPS) is 10.5. The van der Waals surface area contributed by atoms with Gasteiger partial charge >= 0.3 is 5.69 Å². The lowest BCUT2D eigenvalue weighted by molar-refractivity contribution is -0.387. The quantitative estimate of drug-likeness (QED) is 0.627. The standard InChI is InChI=1S/C9H8FN5O2/c10-8-3-7(1-2-9(8)15(16)17)14-5-6(4-11)12-13-14/h1-3,5H,4,11H2. The molecule has 0 radical (unpaired) electrons. The lowest BCUT2D eigenvalue weighted by Crippen LogP contribution is -1.98. The van der Waals surface area contributed by atoms with Crippen LogP contribution in [0.5, 0.6) is 0 Å². The van der Waals surface area contributed by atoms with Gasteiger partial charge in [0.05, 0.1) is 22.5 Å². The van der Waals surface area contributed by atoms with Gasteiger partial charge in [-0.3, -0.25) is 10.1 Å². The van der Waals surface area contributed by atoms with Crippen LogP contribution < -0.4 is 5.73 Å². The average Bonchev–Trinajstić information content (AvgIpc) is 2.76. The van der Waals surface area contributed by atoms with Crippen molar-refractivity contribution < 1.29 is 9.31 Å². The van der Waals surface area contributed by atoms with Crippen molar-refractivity contribution in [1.29, 1.82) is 0 Å². The van der Waals surface area contributed by atoms with E-state index >= 15 is 0 Å². The fourth-order valence-corrected chi connectivity index (χ4v) is 1.30. The summed E-state index contributed by atoms with van der Waals surface area (Å²) in [6.07, 6.45) is 1.53. The predicted octanol–water partition coefficient (Wildman–Crippen LogP) is 0.773. The smallest absolute Gasteiger partial charge is 0.304 e. The largest absolute Gasteiger partial charge is 0.325 e. The Bertz CT molecular complexity index is 568. The summed E-state index contributed by atoms with van der Waals surface area (Å²) in [5.74, 6) is -0.919. The minimum Gasteiger partial charge on any atom is -0.325 e. The number of nitrogens with zero attached hydrogens (tertiary/aromatic N) is 4. The van der Waals surface area contributed by atoms with E-state index in [1.807, 2.05) is 0 Å². The Balaban J connectivity index is 2.40. The Morgan fingerprint density at radius 2 is 2.29 bits per heavy atom. The molecular weight excluding hydrogens is 229 g/mol. The van der Waals surface area contributed by atoms with Gasteiger partial charge in [-0.05, 0) is 6.07 Å². The van der Waals surface area contributed by atoms with Crippen molar-refractivity contribution >= 4 is 5.69 Å². The Morgan fingerprint density at radius 3 is 2.82 bits per heavy atom. The van der Waals surface area contributed by atoms with Crippen LogP contribution in [-0.4, -0.2) is 19.9 Å². The van der Waals surface area contributed by atoms with Gasteiger partial charge in [0.25, 0.3) is 0 Å². The van der Waals surface area contributed by atoms with E-state index in [4.69, 9.17) is 5.73 Å². The van der Waals surface area contributed by atoms with Gasteiger partial charge in [0.2, 0.25) is 5.82 Å². The van der Waals surface area contributed by atoms with Crippen LogP contribution in [-0.2, 0) is 6.54 Å². The highest BCUT2D eigenvalue weighted by atomic mass is 19.1. The number of nitro groups is 1. The van der Waals surface area contributed by atoms with E-state index in [1.165, 1.54) is 16.9 Å². The lowest BCUT2D eigenvalue weighted by Gasteiger charge is -2.00. The molecule has 1 aromatic carbocycles. The summed E-state index contributed by atoms with van der Waals surface area (Å²) < 4.78 is 14.6. The van der Waals surface area contributed by atoms with Gasteiger partial charge in [-0.25, -0.2) is 4.68 Å². The van der Waals surface area contributed by atoms with E-state index in [-0.39, 0.29) is 6.54 Å². The number of aromatic nitrogens is 3. The van der Waals surface area contributed by atoms with Crippen molar-refractivity contribution in [1.82, 2.24) is 15.0 Å². The van der Waals surface area contributed by atoms with E-state index in [1.54, 1.807) is 0 Å². The highest BCUT2D eigenvalue weighted by Crippen LogP contribution is 2.19. The van der Waals surface area contributed by atoms with E-state index in [0.29, 0.717) is 11.4 Å². The number of rotatable bonds is 3. The van der Waals surface area contributed by atoms with Gasteiger partial charge in [-0.1, -0.05) is 5.21 Å². The van der Waals surface area contributed by atoms with Crippen LogP contribution in [0.2, 0.25) is 0 Å². The molecule has 0 spiro atoms. The fourth-order valence-electron chi connectivity index (χ4n) is 1.30. The fraction of sp³-hybridized carbons (Fsp3) is 0.111. The summed E-state index contributed by atoms with van der Waals surface area (Å²) in [5, 5.41) is 17.9. The van der Waals surface area contributed by atoms with Gasteiger partial charge in [0.1, 0.15) is 0 Å². The molecule has 7 nitrogen and oxygen atoms in total. The topological polar surface area (TPSA) is 99.9 Å². The molecule has 0 aliphatic rings. The SMILES string of the molecule is NCc1cn(-c2ccc([N+](=O)[O-])c(F)c2)nn1. The van der Waals surface area contributed by atoms with E-state index in [0.717, 1.165) is 12.1 Å². The highest BCUT2D eigenvalue weighted by molar-refractivity contribution is 5.41. The molecule has 0 aliphatic heterocycles. The second-order valence-electron chi connectivity index (χ2n) is 3.25. The number of hydrogen-bond donors (Lipinski definition) is 1. The first kappa shape index (κ1) is 11.1. The molecule has 0 amide bonds. The lowest BCUT2D eigenvalue weighted by atomic mass is 10.2. The molecule has 88 valence electrons. The van der Waals surface area contributed by atoms with Crippen LogP contribution in [0.3, 0.4) is 0 Å². The Morgan fingerprint density at radius 1 is 1.53 bits per heavy atom. The van der Waals surface area contributed by atoms with Crippen molar-refractivity contribution in [3.8, 4) is 5.69 Å². The molecule has 0 saturated heterocycles. The van der Waals surface area contributed by atoms with Crippen LogP contribution in [0.1, 0.15) is 5.69 Å². The molecule has 0 unspecified atom stereocenters. The monoisotopic (exact) mass is 237 g/mol. The van der Waals surface area contributed by atoms with Crippen molar-refractivity contribution in [3.63, 3.8) is 0 Å². The number of nitro benzene ring substituents is 1. The zero-order valence-electron chi connectivity index (χ0n) is 8.58. The van der Waals surface area contributed by atoms with Crippen molar-refractivity contribution in [2.24, 2.45) is 5.73 Å². The minimum atomic E-state index is -0.919. The van der Waals surface area contributed by atoms with Crippen LogP contribution in [0.15, 0.2) is 24.4 Å². The van der Waals surface area contributed by atoms with E-state index in [9.17, 15) is 14.5 Å². The Labute approximate surface area is 94.8 Å². The van der Waals surface area contributed by atoms with Gasteiger partial charge in [-0.2, -0.15) is 4.39 Å². The number of hydrogen-bond acceptors (Lipinski definition) is 5. The zero-order valence-corrected chi connectivity index (χ0v) is 8.58. The summed E-state index contributed by atoms with van der Waals surface area (Å²) in [5.41, 5.74) is 5.67. The third-order valence-electron chi connectivity index (χ3n) is 2.14. The van der Waals surface area contributed by atoms with Gasteiger partial charge < -0.3 is 5.73 Å². The first-order valence-corrected chi connectivity index (χ1v) is 4.67. The van der Waals surface area contributed by atoms with Crippen molar-refractivity contribution in [2.45, 2.75) is 6.54 Å². The maximum absolute atomic E-state index is 13.3. The molecule has 0 atom stereocenters. The minimum absolute atomic E-state index is 0.218. The Kier molecular flexibility index (Phi) is 2.79. The van der Waals surface area contributed by atoms with Crippen molar-refractivity contribution in [3.05, 3.63) is 46.0 Å². The highest BCUT2D eigenvalue weighted by Gasteiger charge is 2.14. The van der Waals surface area contributed by atoms with Gasteiger partial charge in [0, 0.05) is 18.7 Å². The maximum atomic E-state index is 13.3. The molecule has 1 heterocycles. The average molecular weight is 237 g/mol. The molecule has 1 aromatic heterocycles. The summed E-state index contributed by atoms with van der Waals surface area (Å²) in [6.45, 7) is 0.218. The first-order valence-electron chi connectivity index (χ1n) is 4.67. The summed E-state index contributed by atoms with van der Waals surface area (Å²) in [4.78, 5) is 9.65. The molecule has 0 fully saturated rings. The number of nitrogens with two attached hydrogens (primary N) is 1. The number of benzene rings is 1. The number of halogens is 1. The third-order valence-corrected chi connectivity index (χ3v) is 2.14. The Hall–Kier alpha value is -2.35. The maximum Gasteiger partial charge on any atom is 0.304 e. The summed E-state index contributed by atoms with van der Waals surface area (Å²) in [7, 11) is 0. The molecule has 2 N–H and O–H groups in total. The molecule has 0 bridgehead atoms. The summed E-state index contributed by atoms with van der Waals surface area (Å²) >= 11 is 0. The van der Waals surface area contributed by atoms with Gasteiger partial charge in [-0.15, -0.1) is 5.10 Å². The molecular formula is C9H8FN5O2. The molecule has 2 rings (SSSR count). The van der Waals surface area contributed by atoms with Crippen LogP contribution in [0.25, 0.3) is 5.69 Å². The van der Waals surface area contributed by atoms with Gasteiger partial charge in [0.15, 0.2) is 0 Å². The summed E-state index contributed by atoms with van der Waals surface area (Å²) in [6, 6.07) is 3.48. The second-order valence-corrected chi connectivity index (χ2v) is 3.25. The first-order chi connectivity index (χ1) is 8.11. The predicted molar refractivity (Wildman–Crippen MR) is 55.9 cm³/mol. The van der Waals surface area contributed by atoms with Crippen molar-refractivity contribution in [2.75, 3.05) is 0 Å². The molecule has 0 aliphatic carbocycles. The third kappa shape index (κ3) is 2.11. The van der Waals surface area contributed by atoms with Crippen LogP contribution >= 0.6 is 0 Å². The second kappa shape index (κ2) is 4.26. The molecule has 2 aromatic rings. The zero-order chi connectivity index (χ0) is 12.4. The van der Waals surface area contributed by atoms with Crippen LogP contribution in [0.4, 0.5) is 10.1 Å². The molecule has 0 saturated carbocycles. The molecule has 8 heteroatoms. The van der Waals surface area contributed by atoms with Crippen LogP contribution in [0, 0.1) is 15.9 Å².